The number of amides is 1. The van der Waals surface area contributed by atoms with Crippen LogP contribution in [0.4, 0.5) is 0 Å². The minimum Gasteiger partial charge on any atom is -0.480 e. The molecular weight excluding hydrogens is 342 g/mol. The van der Waals surface area contributed by atoms with Crippen molar-refractivity contribution >= 4 is 17.5 Å². The predicted octanol–water partition coefficient (Wildman–Crippen LogP) is 2.02. The summed E-state index contributed by atoms with van der Waals surface area (Å²) in [4.78, 5) is 27.1. The third-order valence-electron chi connectivity index (χ3n) is 4.33. The van der Waals surface area contributed by atoms with E-state index in [-0.39, 0.29) is 11.9 Å². The van der Waals surface area contributed by atoms with Crippen molar-refractivity contribution in [2.45, 2.75) is 18.9 Å². The van der Waals surface area contributed by atoms with Gasteiger partial charge in [-0.2, -0.15) is 0 Å². The highest BCUT2D eigenvalue weighted by molar-refractivity contribution is 6.30. The average molecular weight is 362 g/mol. The molecule has 1 saturated heterocycles. The minimum atomic E-state index is -0.0744. The molecule has 1 aliphatic rings. The van der Waals surface area contributed by atoms with Crippen LogP contribution >= 0.6 is 11.6 Å². The van der Waals surface area contributed by atoms with Gasteiger partial charge in [0.2, 0.25) is 5.88 Å². The Hall–Kier alpha value is -2.25. The van der Waals surface area contributed by atoms with Gasteiger partial charge < -0.3 is 15.0 Å². The SMILES string of the molecule is COc1ncc(Cl)cc1-c1ncc(C(=O)N(C)C2CCNCC2)cn1. The average Bonchev–Trinajstić information content (AvgIpc) is 2.67. The fourth-order valence-corrected chi connectivity index (χ4v) is 3.05. The Bertz CT molecular complexity index is 747. The molecule has 0 aromatic carbocycles. The third-order valence-corrected chi connectivity index (χ3v) is 4.53. The van der Waals surface area contributed by atoms with E-state index in [2.05, 4.69) is 20.3 Å². The van der Waals surface area contributed by atoms with Crippen LogP contribution in [-0.2, 0) is 0 Å². The van der Waals surface area contributed by atoms with E-state index in [4.69, 9.17) is 16.3 Å². The second-order valence-electron chi connectivity index (χ2n) is 5.90. The van der Waals surface area contributed by atoms with Crippen LogP contribution in [-0.4, -0.2) is 59.0 Å². The first-order valence-corrected chi connectivity index (χ1v) is 8.47. The summed E-state index contributed by atoms with van der Waals surface area (Å²) in [6, 6.07) is 1.93. The van der Waals surface area contributed by atoms with Crippen molar-refractivity contribution in [2.24, 2.45) is 0 Å². The number of methoxy groups -OCH3 is 1. The normalized spacial score (nSPS) is 15.0. The second kappa shape index (κ2) is 7.76. The molecule has 0 saturated carbocycles. The standard InChI is InChI=1S/C17H20ClN5O2/c1-23(13-3-5-19-6-4-13)17(24)11-8-20-15(21-9-11)14-7-12(18)10-22-16(14)25-2/h7-10,13,19H,3-6H2,1-2H3. The molecule has 1 N–H and O–H groups in total. The number of pyridine rings is 1. The zero-order valence-electron chi connectivity index (χ0n) is 14.2. The zero-order valence-corrected chi connectivity index (χ0v) is 15.0. The number of hydrogen-bond donors (Lipinski definition) is 1. The van der Waals surface area contributed by atoms with Crippen molar-refractivity contribution in [2.75, 3.05) is 27.2 Å². The number of halogens is 1. The second-order valence-corrected chi connectivity index (χ2v) is 6.34. The molecule has 25 heavy (non-hydrogen) atoms. The third kappa shape index (κ3) is 3.88. The number of aromatic nitrogens is 3. The highest BCUT2D eigenvalue weighted by Gasteiger charge is 2.23. The van der Waals surface area contributed by atoms with E-state index in [1.54, 1.807) is 11.0 Å². The zero-order chi connectivity index (χ0) is 17.8. The van der Waals surface area contributed by atoms with Gasteiger partial charge in [-0.1, -0.05) is 11.6 Å². The van der Waals surface area contributed by atoms with Crippen LogP contribution in [0.5, 0.6) is 5.88 Å². The molecular formula is C17H20ClN5O2. The van der Waals surface area contributed by atoms with Crippen LogP contribution in [0.3, 0.4) is 0 Å². The Morgan fingerprint density at radius 1 is 1.24 bits per heavy atom. The number of carbonyl (C=O) groups excluding carboxylic acids is 1. The van der Waals surface area contributed by atoms with Gasteiger partial charge in [0.25, 0.3) is 5.91 Å². The van der Waals surface area contributed by atoms with Crippen molar-refractivity contribution in [3.05, 3.63) is 35.2 Å². The molecule has 2 aromatic rings. The molecule has 0 aliphatic carbocycles. The van der Waals surface area contributed by atoms with E-state index >= 15 is 0 Å². The molecule has 1 fully saturated rings. The molecule has 2 aromatic heterocycles. The molecule has 0 spiro atoms. The minimum absolute atomic E-state index is 0.0744. The number of ether oxygens (including phenoxy) is 1. The van der Waals surface area contributed by atoms with Crippen molar-refractivity contribution in [3.8, 4) is 17.3 Å². The van der Waals surface area contributed by atoms with E-state index in [0.29, 0.717) is 27.9 Å². The summed E-state index contributed by atoms with van der Waals surface area (Å²) >= 11 is 5.99. The van der Waals surface area contributed by atoms with Gasteiger partial charge in [0, 0.05) is 31.7 Å². The summed E-state index contributed by atoms with van der Waals surface area (Å²) < 4.78 is 5.22. The maximum Gasteiger partial charge on any atom is 0.256 e. The predicted molar refractivity (Wildman–Crippen MR) is 94.8 cm³/mol. The van der Waals surface area contributed by atoms with E-state index in [1.165, 1.54) is 25.7 Å². The Labute approximate surface area is 151 Å². The molecule has 132 valence electrons. The van der Waals surface area contributed by atoms with E-state index in [9.17, 15) is 4.79 Å². The lowest BCUT2D eigenvalue weighted by molar-refractivity contribution is 0.0702. The van der Waals surface area contributed by atoms with Gasteiger partial charge in [0.05, 0.1) is 23.3 Å². The molecule has 1 aliphatic heterocycles. The lowest BCUT2D eigenvalue weighted by Gasteiger charge is -2.31. The van der Waals surface area contributed by atoms with Crippen LogP contribution in [0.25, 0.3) is 11.4 Å². The van der Waals surface area contributed by atoms with Gasteiger partial charge in [-0.05, 0) is 32.0 Å². The number of nitrogens with one attached hydrogen (secondary N) is 1. The molecule has 3 heterocycles. The van der Waals surface area contributed by atoms with Gasteiger partial charge >= 0.3 is 0 Å². The summed E-state index contributed by atoms with van der Waals surface area (Å²) in [6.45, 7) is 1.86. The lowest BCUT2D eigenvalue weighted by Crippen LogP contribution is -2.44. The van der Waals surface area contributed by atoms with Crippen LogP contribution in [0.2, 0.25) is 5.02 Å². The van der Waals surface area contributed by atoms with Gasteiger partial charge in [-0.15, -0.1) is 0 Å². The molecule has 7 nitrogen and oxygen atoms in total. The fourth-order valence-electron chi connectivity index (χ4n) is 2.89. The molecule has 0 atom stereocenters. The Balaban J connectivity index is 1.80. The summed E-state index contributed by atoms with van der Waals surface area (Å²) in [6.07, 6.45) is 6.46. The van der Waals surface area contributed by atoms with Gasteiger partial charge in [-0.3, -0.25) is 4.79 Å². The largest absolute Gasteiger partial charge is 0.480 e. The van der Waals surface area contributed by atoms with Gasteiger partial charge in [0.15, 0.2) is 5.82 Å². The quantitative estimate of drug-likeness (QED) is 0.897. The smallest absolute Gasteiger partial charge is 0.256 e. The Kier molecular flexibility index (Phi) is 5.45. The number of nitrogens with zero attached hydrogens (tertiary/aromatic N) is 4. The molecule has 0 radical (unpaired) electrons. The molecule has 8 heteroatoms. The Morgan fingerprint density at radius 2 is 1.92 bits per heavy atom. The number of carbonyl (C=O) groups is 1. The van der Waals surface area contributed by atoms with Crippen LogP contribution in [0.15, 0.2) is 24.7 Å². The molecule has 0 bridgehead atoms. The summed E-state index contributed by atoms with van der Waals surface area (Å²) in [5, 5.41) is 3.76. The van der Waals surface area contributed by atoms with Crippen molar-refractivity contribution in [1.82, 2.24) is 25.2 Å². The number of hydrogen-bond acceptors (Lipinski definition) is 6. The maximum absolute atomic E-state index is 12.6. The van der Waals surface area contributed by atoms with Gasteiger partial charge in [-0.25, -0.2) is 15.0 Å². The van der Waals surface area contributed by atoms with Crippen LogP contribution in [0, 0.1) is 0 Å². The van der Waals surface area contributed by atoms with Gasteiger partial charge in [0.1, 0.15) is 0 Å². The molecule has 0 unspecified atom stereocenters. The lowest BCUT2D eigenvalue weighted by atomic mass is 10.0. The summed E-state index contributed by atoms with van der Waals surface area (Å²) in [5.41, 5.74) is 1.04. The van der Waals surface area contributed by atoms with E-state index in [0.717, 1.165) is 25.9 Å². The topological polar surface area (TPSA) is 80.2 Å². The van der Waals surface area contributed by atoms with Crippen molar-refractivity contribution in [3.63, 3.8) is 0 Å². The van der Waals surface area contributed by atoms with E-state index in [1.807, 2.05) is 7.05 Å². The highest BCUT2D eigenvalue weighted by atomic mass is 35.5. The fraction of sp³-hybridized carbons (Fsp3) is 0.412. The Morgan fingerprint density at radius 3 is 2.56 bits per heavy atom. The number of piperidine rings is 1. The van der Waals surface area contributed by atoms with E-state index < -0.39 is 0 Å². The number of rotatable bonds is 4. The summed E-state index contributed by atoms with van der Waals surface area (Å²) in [7, 11) is 3.35. The molecule has 1 amide bonds. The molecule has 3 rings (SSSR count). The van der Waals surface area contributed by atoms with Crippen molar-refractivity contribution < 1.29 is 9.53 Å². The first-order chi connectivity index (χ1) is 12.1. The summed E-state index contributed by atoms with van der Waals surface area (Å²) in [5.74, 6) is 0.720. The maximum atomic E-state index is 12.6. The first kappa shape index (κ1) is 17.6. The van der Waals surface area contributed by atoms with Crippen molar-refractivity contribution in [1.29, 1.82) is 0 Å². The van der Waals surface area contributed by atoms with Crippen LogP contribution < -0.4 is 10.1 Å². The highest BCUT2D eigenvalue weighted by Crippen LogP contribution is 2.27. The first-order valence-electron chi connectivity index (χ1n) is 8.10. The van der Waals surface area contributed by atoms with Crippen LogP contribution in [0.1, 0.15) is 23.2 Å². The monoisotopic (exact) mass is 361 g/mol.